The molecule has 74 valence electrons. The number of phenolic OH excluding ortho intramolecular Hbond substituents is 1. The van der Waals surface area contributed by atoms with Crippen molar-refractivity contribution >= 4 is 12.0 Å². The van der Waals surface area contributed by atoms with Crippen molar-refractivity contribution in [2.24, 2.45) is 0 Å². The smallest absolute Gasteiger partial charge is 0.327 e. The molecule has 0 aliphatic carbocycles. The van der Waals surface area contributed by atoms with Crippen LogP contribution in [0.5, 0.6) is 5.75 Å². The third-order valence-electron chi connectivity index (χ3n) is 1.33. The zero-order chi connectivity index (χ0) is 11.0. The van der Waals surface area contributed by atoms with Gasteiger partial charge in [0.05, 0.1) is 0 Å². The van der Waals surface area contributed by atoms with Gasteiger partial charge in [-0.05, 0) is 6.07 Å². The summed E-state index contributed by atoms with van der Waals surface area (Å²) in [5, 5.41) is 16.6. The number of benzene rings is 1. The van der Waals surface area contributed by atoms with Crippen molar-refractivity contribution in [3.8, 4) is 5.75 Å². The Kier molecular flexibility index (Phi) is 5.54. The SMILES string of the molecule is C=CC(=O)O.C=Cc1ccccc1O. The van der Waals surface area contributed by atoms with Crippen LogP contribution in [0.4, 0.5) is 0 Å². The molecule has 0 spiro atoms. The highest BCUT2D eigenvalue weighted by Gasteiger charge is 1.89. The zero-order valence-electron chi connectivity index (χ0n) is 7.68. The fourth-order valence-electron chi connectivity index (χ4n) is 0.660. The van der Waals surface area contributed by atoms with Crippen LogP contribution >= 0.6 is 0 Å². The van der Waals surface area contributed by atoms with Crippen LogP contribution in [0, 0.1) is 0 Å². The summed E-state index contributed by atoms with van der Waals surface area (Å²) in [7, 11) is 0. The van der Waals surface area contributed by atoms with Gasteiger partial charge in [-0.25, -0.2) is 4.79 Å². The number of aliphatic carboxylic acids is 1. The highest BCUT2D eigenvalue weighted by atomic mass is 16.4. The van der Waals surface area contributed by atoms with E-state index in [9.17, 15) is 4.79 Å². The van der Waals surface area contributed by atoms with Crippen LogP contribution in [0.2, 0.25) is 0 Å². The summed E-state index contributed by atoms with van der Waals surface area (Å²) in [4.78, 5) is 9.25. The molecule has 0 fully saturated rings. The lowest BCUT2D eigenvalue weighted by molar-refractivity contribution is -0.131. The van der Waals surface area contributed by atoms with Gasteiger partial charge in [0, 0.05) is 11.6 Å². The van der Waals surface area contributed by atoms with E-state index in [2.05, 4.69) is 13.2 Å². The van der Waals surface area contributed by atoms with Crippen LogP contribution in [0.15, 0.2) is 43.5 Å². The summed E-state index contributed by atoms with van der Waals surface area (Å²) in [5.41, 5.74) is 0.775. The molecule has 1 aromatic rings. The summed E-state index contributed by atoms with van der Waals surface area (Å²) >= 11 is 0. The summed E-state index contributed by atoms with van der Waals surface area (Å²) < 4.78 is 0. The van der Waals surface area contributed by atoms with Gasteiger partial charge >= 0.3 is 5.97 Å². The second-order valence-corrected chi connectivity index (χ2v) is 2.31. The van der Waals surface area contributed by atoms with Gasteiger partial charge < -0.3 is 10.2 Å². The zero-order valence-corrected chi connectivity index (χ0v) is 7.68. The van der Waals surface area contributed by atoms with Gasteiger partial charge in [0.2, 0.25) is 0 Å². The minimum atomic E-state index is -0.981. The van der Waals surface area contributed by atoms with Gasteiger partial charge in [-0.15, -0.1) is 0 Å². The van der Waals surface area contributed by atoms with E-state index in [1.807, 2.05) is 12.1 Å². The van der Waals surface area contributed by atoms with Crippen LogP contribution in [0.3, 0.4) is 0 Å². The Hall–Kier alpha value is -2.03. The van der Waals surface area contributed by atoms with E-state index in [1.165, 1.54) is 0 Å². The van der Waals surface area contributed by atoms with Crippen LogP contribution < -0.4 is 0 Å². The summed E-state index contributed by atoms with van der Waals surface area (Å²) in [6, 6.07) is 7.08. The van der Waals surface area contributed by atoms with Crippen LogP contribution in [-0.2, 0) is 4.79 Å². The van der Waals surface area contributed by atoms with E-state index in [1.54, 1.807) is 18.2 Å². The Morgan fingerprint density at radius 1 is 1.29 bits per heavy atom. The first-order chi connectivity index (χ1) is 6.61. The van der Waals surface area contributed by atoms with Crippen molar-refractivity contribution < 1.29 is 15.0 Å². The number of para-hydroxylation sites is 1. The molecule has 0 saturated heterocycles. The molecule has 0 aliphatic heterocycles. The van der Waals surface area contributed by atoms with E-state index in [0.29, 0.717) is 0 Å². The molecule has 14 heavy (non-hydrogen) atoms. The maximum atomic E-state index is 9.25. The Morgan fingerprint density at radius 2 is 1.79 bits per heavy atom. The third kappa shape index (κ3) is 4.77. The topological polar surface area (TPSA) is 57.5 Å². The molecule has 1 aromatic carbocycles. The number of hydrogen-bond acceptors (Lipinski definition) is 2. The number of hydrogen-bond donors (Lipinski definition) is 2. The summed E-state index contributed by atoms with van der Waals surface area (Å²) in [5.74, 6) is -0.697. The largest absolute Gasteiger partial charge is 0.507 e. The summed E-state index contributed by atoms with van der Waals surface area (Å²) in [6.45, 7) is 6.49. The highest BCUT2D eigenvalue weighted by Crippen LogP contribution is 2.15. The van der Waals surface area contributed by atoms with Crippen molar-refractivity contribution in [2.75, 3.05) is 0 Å². The number of phenols is 1. The first-order valence-electron chi connectivity index (χ1n) is 3.87. The molecule has 0 heterocycles. The molecule has 0 aliphatic rings. The van der Waals surface area contributed by atoms with Gasteiger partial charge in [-0.3, -0.25) is 0 Å². The normalized spacial score (nSPS) is 8.00. The minimum Gasteiger partial charge on any atom is -0.507 e. The van der Waals surface area contributed by atoms with Gasteiger partial charge in [-0.2, -0.15) is 0 Å². The number of carbonyl (C=O) groups is 1. The molecule has 0 saturated carbocycles. The van der Waals surface area contributed by atoms with Crippen LogP contribution in [-0.4, -0.2) is 16.2 Å². The van der Waals surface area contributed by atoms with Gasteiger partial charge in [0.25, 0.3) is 0 Å². The molecular weight excluding hydrogens is 180 g/mol. The molecule has 3 heteroatoms. The highest BCUT2D eigenvalue weighted by molar-refractivity contribution is 5.78. The molecule has 0 bridgehead atoms. The first kappa shape index (κ1) is 12.0. The van der Waals surface area contributed by atoms with Crippen molar-refractivity contribution in [3.63, 3.8) is 0 Å². The molecule has 3 nitrogen and oxygen atoms in total. The second kappa shape index (κ2) is 6.48. The number of aromatic hydroxyl groups is 1. The lowest BCUT2D eigenvalue weighted by Crippen LogP contribution is -1.82. The van der Waals surface area contributed by atoms with Crippen molar-refractivity contribution in [3.05, 3.63) is 49.1 Å². The molecule has 0 atom stereocenters. The Balaban J connectivity index is 0.000000292. The van der Waals surface area contributed by atoms with Gasteiger partial charge in [0.15, 0.2) is 0 Å². The van der Waals surface area contributed by atoms with Gasteiger partial charge in [-0.1, -0.05) is 37.4 Å². The minimum absolute atomic E-state index is 0.285. The summed E-state index contributed by atoms with van der Waals surface area (Å²) in [6.07, 6.45) is 2.45. The lowest BCUT2D eigenvalue weighted by Gasteiger charge is -1.93. The van der Waals surface area contributed by atoms with Gasteiger partial charge in [0.1, 0.15) is 5.75 Å². The molecular formula is C11H12O3. The quantitative estimate of drug-likeness (QED) is 0.707. The Labute approximate surface area is 82.6 Å². The second-order valence-electron chi connectivity index (χ2n) is 2.31. The van der Waals surface area contributed by atoms with E-state index in [4.69, 9.17) is 10.2 Å². The number of carboxylic acid groups (broad SMARTS) is 1. The van der Waals surface area contributed by atoms with Crippen molar-refractivity contribution in [2.45, 2.75) is 0 Å². The van der Waals surface area contributed by atoms with Crippen molar-refractivity contribution in [1.29, 1.82) is 0 Å². The van der Waals surface area contributed by atoms with E-state index >= 15 is 0 Å². The molecule has 2 N–H and O–H groups in total. The molecule has 0 amide bonds. The Morgan fingerprint density at radius 3 is 2.07 bits per heavy atom. The van der Waals surface area contributed by atoms with Crippen LogP contribution in [0.25, 0.3) is 6.08 Å². The number of carboxylic acids is 1. The van der Waals surface area contributed by atoms with E-state index in [0.717, 1.165) is 11.6 Å². The maximum absolute atomic E-state index is 9.25. The molecule has 0 aromatic heterocycles. The lowest BCUT2D eigenvalue weighted by atomic mass is 10.2. The molecule has 1 rings (SSSR count). The number of rotatable bonds is 2. The average molecular weight is 192 g/mol. The predicted molar refractivity (Wildman–Crippen MR) is 56.0 cm³/mol. The average Bonchev–Trinajstić information content (AvgIpc) is 2.19. The monoisotopic (exact) mass is 192 g/mol. The van der Waals surface area contributed by atoms with Crippen LogP contribution in [0.1, 0.15) is 5.56 Å². The Bertz CT molecular complexity index is 329. The fraction of sp³-hybridized carbons (Fsp3) is 0. The standard InChI is InChI=1S/C8H8O.C3H4O2/c1-2-7-5-3-4-6-8(7)9;1-2-3(4)5/h2-6,9H,1H2;2H,1H2,(H,4,5). The molecule has 0 radical (unpaired) electrons. The fourth-order valence-corrected chi connectivity index (χ4v) is 0.660. The van der Waals surface area contributed by atoms with Crippen molar-refractivity contribution in [1.82, 2.24) is 0 Å². The third-order valence-corrected chi connectivity index (χ3v) is 1.33. The first-order valence-corrected chi connectivity index (χ1v) is 3.87. The molecule has 0 unspecified atom stereocenters. The van der Waals surface area contributed by atoms with E-state index < -0.39 is 5.97 Å². The maximum Gasteiger partial charge on any atom is 0.327 e. The predicted octanol–water partition coefficient (Wildman–Crippen LogP) is 2.29. The van der Waals surface area contributed by atoms with E-state index in [-0.39, 0.29) is 5.75 Å².